The van der Waals surface area contributed by atoms with E-state index in [2.05, 4.69) is 102 Å². The quantitative estimate of drug-likeness (QED) is 0.103. The Kier molecular flexibility index (Phi) is 11.4. The predicted molar refractivity (Wildman–Crippen MR) is 292 cm³/mol. The molecule has 0 saturated heterocycles. The average Bonchev–Trinajstić information content (AvgIpc) is 3.35. The molecule has 0 saturated carbocycles. The fourth-order valence-electron chi connectivity index (χ4n) is 10.1. The summed E-state index contributed by atoms with van der Waals surface area (Å²) in [5.41, 5.74) is 8.40. The second-order valence-electron chi connectivity index (χ2n) is 21.6. The lowest BCUT2D eigenvalue weighted by atomic mass is 9.81. The number of rotatable bonds is 4. The summed E-state index contributed by atoms with van der Waals surface area (Å²) >= 11 is 0. The zero-order chi connectivity index (χ0) is 50.1. The van der Waals surface area contributed by atoms with Gasteiger partial charge in [0.2, 0.25) is 0 Å². The van der Waals surface area contributed by atoms with Gasteiger partial charge in [0.05, 0.1) is 22.7 Å². The van der Waals surface area contributed by atoms with Gasteiger partial charge in [-0.05, 0) is 160 Å². The smallest absolute Gasteiger partial charge is 0.122 e. The summed E-state index contributed by atoms with van der Waals surface area (Å²) in [4.78, 5) is 0. The highest BCUT2D eigenvalue weighted by Crippen LogP contribution is 2.43. The van der Waals surface area contributed by atoms with Crippen molar-refractivity contribution in [1.82, 2.24) is 0 Å². The van der Waals surface area contributed by atoms with Crippen molar-refractivity contribution < 1.29 is 20.4 Å². The minimum absolute atomic E-state index is 0.0560. The summed E-state index contributed by atoms with van der Waals surface area (Å²) in [6.07, 6.45) is 0.668. The number of azo groups is 2. The van der Waals surface area contributed by atoms with Crippen LogP contribution in [0.1, 0.15) is 97.2 Å². The van der Waals surface area contributed by atoms with E-state index in [0.29, 0.717) is 67.3 Å². The Morgan fingerprint density at radius 2 is 0.528 bits per heavy atom. The molecule has 0 aliphatic heterocycles. The Bertz CT molecular complexity index is 3540. The standard InChI is InChI=1S/C64H56N4O4/c1-63(2,3)53-27-45-23-49-33-57(67-65-55-17-15-41-19-37-11-7-9-13-39(37)21-43(41)31-55)35-51(61(49)71)25-47-29-54(64(4,5)6)30-48(60(47)70)26-52-36-58(34-50(62(52)72)24-46(28-53)59(45)69)68-66-56-18-16-42-20-38-12-8-10-14-40(38)22-44(42)32-56/h7-22,27-36,69-72H,23-26H2,1-6H3. The van der Waals surface area contributed by atoms with Gasteiger partial charge in [-0.1, -0.05) is 126 Å². The highest BCUT2D eigenvalue weighted by molar-refractivity contribution is 6.00. The van der Waals surface area contributed by atoms with Crippen molar-refractivity contribution in [3.63, 3.8) is 0 Å². The molecule has 0 radical (unpaired) electrons. The van der Waals surface area contributed by atoms with Crippen LogP contribution in [-0.4, -0.2) is 20.4 Å². The number of hydrogen-bond acceptors (Lipinski definition) is 8. The van der Waals surface area contributed by atoms with E-state index in [9.17, 15) is 20.4 Å². The summed E-state index contributed by atoms with van der Waals surface area (Å²) < 4.78 is 0. The van der Waals surface area contributed by atoms with Crippen LogP contribution in [0.2, 0.25) is 0 Å². The van der Waals surface area contributed by atoms with E-state index < -0.39 is 0 Å². The molecule has 0 aromatic heterocycles. The first-order chi connectivity index (χ1) is 34.5. The minimum Gasteiger partial charge on any atom is -0.507 e. The van der Waals surface area contributed by atoms with Crippen molar-refractivity contribution in [2.75, 3.05) is 0 Å². The molecule has 8 heteroatoms. The van der Waals surface area contributed by atoms with E-state index >= 15 is 0 Å². The van der Waals surface area contributed by atoms with Crippen molar-refractivity contribution in [2.24, 2.45) is 20.5 Å². The van der Waals surface area contributed by atoms with E-state index in [1.807, 2.05) is 97.1 Å². The largest absolute Gasteiger partial charge is 0.507 e. The van der Waals surface area contributed by atoms with Crippen LogP contribution in [0, 0.1) is 0 Å². The molecule has 8 nitrogen and oxygen atoms in total. The number of hydrogen-bond donors (Lipinski definition) is 4. The molecule has 0 amide bonds. The highest BCUT2D eigenvalue weighted by Gasteiger charge is 2.25. The molecule has 8 bridgehead atoms. The number of phenols is 4. The van der Waals surface area contributed by atoms with Gasteiger partial charge in [0.15, 0.2) is 0 Å². The SMILES string of the molecule is CC(C)(C)c1cc2c(O)c(c1)Cc1cc(N=Nc3ccc4cc5ccccc5cc4c3)cc(c1O)Cc1cc(C(C)(C)C)cc(c1O)Cc1cc(N=Nc3ccc4cc5ccccc5cc4c3)cc(c1O)C2. The van der Waals surface area contributed by atoms with Crippen LogP contribution in [0.25, 0.3) is 43.1 Å². The number of phenolic OH excluding ortho intramolecular Hbond substituents is 4. The van der Waals surface area contributed by atoms with Crippen molar-refractivity contribution >= 4 is 65.8 Å². The second kappa shape index (κ2) is 17.8. The fourth-order valence-corrected chi connectivity index (χ4v) is 10.1. The van der Waals surface area contributed by atoms with E-state index in [4.69, 9.17) is 20.5 Å². The molecule has 0 unspecified atom stereocenters. The van der Waals surface area contributed by atoms with E-state index in [-0.39, 0.29) is 59.5 Å². The Hall–Kier alpha value is -8.36. The molecule has 11 rings (SSSR count). The van der Waals surface area contributed by atoms with E-state index in [1.165, 1.54) is 10.8 Å². The molecule has 72 heavy (non-hydrogen) atoms. The van der Waals surface area contributed by atoms with Crippen LogP contribution >= 0.6 is 0 Å². The zero-order valence-electron chi connectivity index (χ0n) is 41.4. The van der Waals surface area contributed by atoms with Gasteiger partial charge in [-0.15, -0.1) is 0 Å². The fraction of sp³-hybridized carbons (Fsp3) is 0.188. The Morgan fingerprint density at radius 1 is 0.278 bits per heavy atom. The van der Waals surface area contributed by atoms with Crippen LogP contribution in [0.4, 0.5) is 22.7 Å². The third kappa shape index (κ3) is 9.12. The third-order valence-corrected chi connectivity index (χ3v) is 14.2. The first-order valence-electron chi connectivity index (χ1n) is 24.6. The molecule has 0 spiro atoms. The maximum atomic E-state index is 12.3. The highest BCUT2D eigenvalue weighted by atomic mass is 16.3. The topological polar surface area (TPSA) is 130 Å². The van der Waals surface area contributed by atoms with Gasteiger partial charge in [0.25, 0.3) is 0 Å². The molecule has 10 aromatic rings. The maximum Gasteiger partial charge on any atom is 0.122 e. The summed E-state index contributed by atoms with van der Waals surface area (Å²) in [6, 6.07) is 52.6. The molecule has 0 atom stereocenters. The van der Waals surface area contributed by atoms with Gasteiger partial charge in [-0.3, -0.25) is 0 Å². The Balaban J connectivity index is 1.05. The minimum atomic E-state index is -0.312. The lowest BCUT2D eigenvalue weighted by Crippen LogP contribution is -2.13. The summed E-state index contributed by atoms with van der Waals surface area (Å²) in [6.45, 7) is 12.8. The molecule has 10 aromatic carbocycles. The molecule has 0 fully saturated rings. The molecule has 356 valence electrons. The first-order valence-corrected chi connectivity index (χ1v) is 24.6. The third-order valence-electron chi connectivity index (χ3n) is 14.2. The maximum absolute atomic E-state index is 12.3. The lowest BCUT2D eigenvalue weighted by Gasteiger charge is -2.24. The van der Waals surface area contributed by atoms with Crippen LogP contribution in [-0.2, 0) is 36.5 Å². The molecular formula is C64H56N4O4. The van der Waals surface area contributed by atoms with Gasteiger partial charge < -0.3 is 20.4 Å². The van der Waals surface area contributed by atoms with Crippen molar-refractivity contribution in [2.45, 2.75) is 78.1 Å². The summed E-state index contributed by atoms with van der Waals surface area (Å²) in [5, 5.41) is 77.1. The Labute approximate surface area is 419 Å². The zero-order valence-corrected chi connectivity index (χ0v) is 41.4. The molecule has 1 aliphatic rings. The number of fused-ring (bicyclic) bond motifs is 12. The summed E-state index contributed by atoms with van der Waals surface area (Å²) in [5.74, 6) is 0.253. The number of nitrogens with zero attached hydrogens (tertiary/aromatic N) is 4. The van der Waals surface area contributed by atoms with Gasteiger partial charge in [0, 0.05) is 47.9 Å². The normalized spacial score (nSPS) is 13.3. The van der Waals surface area contributed by atoms with Crippen LogP contribution in [0.5, 0.6) is 23.0 Å². The van der Waals surface area contributed by atoms with Crippen LogP contribution in [0.3, 0.4) is 0 Å². The number of benzene rings is 10. The monoisotopic (exact) mass is 944 g/mol. The van der Waals surface area contributed by atoms with Gasteiger partial charge in [-0.25, -0.2) is 0 Å². The first kappa shape index (κ1) is 46.0. The van der Waals surface area contributed by atoms with Crippen molar-refractivity contribution in [1.29, 1.82) is 0 Å². The average molecular weight is 945 g/mol. The van der Waals surface area contributed by atoms with Crippen molar-refractivity contribution in [3.8, 4) is 23.0 Å². The van der Waals surface area contributed by atoms with Crippen LogP contribution in [0.15, 0.2) is 178 Å². The predicted octanol–water partition coefficient (Wildman–Crippen LogP) is 17.2. The molecule has 0 heterocycles. The lowest BCUT2D eigenvalue weighted by molar-refractivity contribution is 0.449. The van der Waals surface area contributed by atoms with Crippen molar-refractivity contribution in [3.05, 3.63) is 213 Å². The van der Waals surface area contributed by atoms with E-state index in [1.54, 1.807) is 0 Å². The summed E-state index contributed by atoms with van der Waals surface area (Å²) in [7, 11) is 0. The molecule has 1 aliphatic carbocycles. The van der Waals surface area contributed by atoms with Gasteiger partial charge >= 0.3 is 0 Å². The van der Waals surface area contributed by atoms with Crippen LogP contribution < -0.4 is 0 Å². The molecular weight excluding hydrogens is 889 g/mol. The Morgan fingerprint density at radius 3 is 0.819 bits per heavy atom. The number of aromatic hydroxyl groups is 4. The molecule has 4 N–H and O–H groups in total. The second-order valence-corrected chi connectivity index (χ2v) is 21.6. The van der Waals surface area contributed by atoms with Gasteiger partial charge in [-0.2, -0.15) is 20.5 Å². The van der Waals surface area contributed by atoms with Gasteiger partial charge in [0.1, 0.15) is 23.0 Å². The van der Waals surface area contributed by atoms with E-state index in [0.717, 1.165) is 43.4 Å².